The van der Waals surface area contributed by atoms with Crippen LogP contribution in [-0.2, 0) is 0 Å². The second-order valence-corrected chi connectivity index (χ2v) is 12.1. The topological polar surface area (TPSA) is 52.1 Å². The summed E-state index contributed by atoms with van der Waals surface area (Å²) in [6, 6.07) is 46.7. The molecule has 11 rings (SSSR count). The van der Waals surface area contributed by atoms with E-state index in [0.29, 0.717) is 11.4 Å². The van der Waals surface area contributed by atoms with E-state index in [2.05, 4.69) is 103 Å². The normalized spacial score (nSPS) is 12.3. The molecule has 1 aliphatic rings. The molecule has 4 heteroatoms. The van der Waals surface area contributed by atoms with Crippen molar-refractivity contribution in [1.29, 1.82) is 0 Å². The number of hydrogen-bond donors (Lipinski definition) is 0. The van der Waals surface area contributed by atoms with Crippen molar-refractivity contribution in [1.82, 2.24) is 9.97 Å². The van der Waals surface area contributed by atoms with Gasteiger partial charge in [-0.3, -0.25) is 0 Å². The van der Waals surface area contributed by atoms with Gasteiger partial charge in [-0.1, -0.05) is 97.1 Å². The van der Waals surface area contributed by atoms with Crippen molar-refractivity contribution in [3.8, 4) is 44.9 Å². The Morgan fingerprint density at radius 1 is 0.413 bits per heavy atom. The predicted octanol–water partition coefficient (Wildman–Crippen LogP) is 11.6. The van der Waals surface area contributed by atoms with E-state index < -0.39 is 0 Å². The SMILES string of the molecule is c1ccc2cc(-c3nc(-c4ccc5c(c4)-c4cccc6c4c-5cc4oc5ccccc5c46)nc4c3oc3ccccc34)ccc2c1. The van der Waals surface area contributed by atoms with Crippen LogP contribution in [0.15, 0.2) is 142 Å². The second-order valence-electron chi connectivity index (χ2n) is 12.1. The van der Waals surface area contributed by atoms with Crippen molar-refractivity contribution in [2.45, 2.75) is 0 Å². The van der Waals surface area contributed by atoms with Crippen LogP contribution < -0.4 is 0 Å². The Balaban J connectivity index is 1.16. The number of fused-ring (bicyclic) bond motifs is 11. The number of aromatic nitrogens is 2. The van der Waals surface area contributed by atoms with Gasteiger partial charge in [0.25, 0.3) is 0 Å². The molecule has 0 saturated heterocycles. The summed E-state index contributed by atoms with van der Waals surface area (Å²) in [6.07, 6.45) is 0. The van der Waals surface area contributed by atoms with Gasteiger partial charge in [0, 0.05) is 27.3 Å². The van der Waals surface area contributed by atoms with Gasteiger partial charge >= 0.3 is 0 Å². The molecule has 0 spiro atoms. The van der Waals surface area contributed by atoms with Crippen LogP contribution in [0.1, 0.15) is 0 Å². The minimum Gasteiger partial charge on any atom is -0.456 e. The average Bonchev–Trinajstić information content (AvgIpc) is 3.78. The van der Waals surface area contributed by atoms with E-state index in [0.717, 1.165) is 55.2 Å². The van der Waals surface area contributed by atoms with Crippen molar-refractivity contribution in [3.63, 3.8) is 0 Å². The van der Waals surface area contributed by atoms with E-state index in [1.807, 2.05) is 30.3 Å². The standard InChI is InChI=1S/C42H22N2O2/c1-2-9-24-20-25(17-16-23(24)8-1)39-41-40(30-11-4-6-15-35(30)46-41)44-42(43-39)26-18-19-27-32(21-26)28-12-7-13-31-37(28)33(27)22-36-38(31)29-10-3-5-14-34(29)45-36/h1-22H. The van der Waals surface area contributed by atoms with Crippen molar-refractivity contribution >= 4 is 65.6 Å². The van der Waals surface area contributed by atoms with Crippen molar-refractivity contribution < 1.29 is 8.83 Å². The van der Waals surface area contributed by atoms with Crippen molar-refractivity contribution in [3.05, 3.63) is 133 Å². The number of furan rings is 2. The maximum atomic E-state index is 6.42. The third-order valence-corrected chi connectivity index (χ3v) is 9.60. The fourth-order valence-corrected chi connectivity index (χ4v) is 7.53. The van der Waals surface area contributed by atoms with Gasteiger partial charge in [-0.25, -0.2) is 9.97 Å². The van der Waals surface area contributed by atoms with Crippen molar-refractivity contribution in [2.24, 2.45) is 0 Å². The van der Waals surface area contributed by atoms with Gasteiger partial charge in [0.1, 0.15) is 28.0 Å². The molecule has 10 aromatic rings. The summed E-state index contributed by atoms with van der Waals surface area (Å²) >= 11 is 0. The van der Waals surface area contributed by atoms with Crippen LogP contribution in [0, 0.1) is 0 Å². The summed E-state index contributed by atoms with van der Waals surface area (Å²) in [5.74, 6) is 0.674. The van der Waals surface area contributed by atoms with Crippen LogP contribution in [0.5, 0.6) is 0 Å². The number of rotatable bonds is 2. The number of para-hydroxylation sites is 2. The first-order valence-corrected chi connectivity index (χ1v) is 15.5. The van der Waals surface area contributed by atoms with Crippen LogP contribution in [-0.4, -0.2) is 9.97 Å². The molecule has 0 bridgehead atoms. The molecule has 3 aromatic heterocycles. The molecule has 0 fully saturated rings. The third kappa shape index (κ3) is 3.17. The molecule has 0 aliphatic heterocycles. The van der Waals surface area contributed by atoms with E-state index in [1.165, 1.54) is 43.8 Å². The van der Waals surface area contributed by atoms with Crippen LogP contribution in [0.25, 0.3) is 110 Å². The Kier molecular flexibility index (Phi) is 4.55. The lowest BCUT2D eigenvalue weighted by Gasteiger charge is -2.09. The molecule has 0 unspecified atom stereocenters. The Morgan fingerprint density at radius 3 is 2.09 bits per heavy atom. The predicted molar refractivity (Wildman–Crippen MR) is 187 cm³/mol. The lowest BCUT2D eigenvalue weighted by Crippen LogP contribution is -1.94. The molecule has 0 saturated carbocycles. The van der Waals surface area contributed by atoms with Gasteiger partial charge < -0.3 is 8.83 Å². The molecular formula is C42H22N2O2. The van der Waals surface area contributed by atoms with Gasteiger partial charge in [0.15, 0.2) is 11.4 Å². The quantitative estimate of drug-likeness (QED) is 0.202. The van der Waals surface area contributed by atoms with Gasteiger partial charge in [0.05, 0.1) is 0 Å². The largest absolute Gasteiger partial charge is 0.456 e. The van der Waals surface area contributed by atoms with E-state index in [-0.39, 0.29) is 0 Å². The van der Waals surface area contributed by atoms with E-state index in [4.69, 9.17) is 18.8 Å². The zero-order valence-electron chi connectivity index (χ0n) is 24.4. The summed E-state index contributed by atoms with van der Waals surface area (Å²) in [4.78, 5) is 10.4. The van der Waals surface area contributed by atoms with Crippen LogP contribution in [0.2, 0.25) is 0 Å². The Hall–Kier alpha value is -6.26. The first-order valence-electron chi connectivity index (χ1n) is 15.5. The highest BCUT2D eigenvalue weighted by atomic mass is 16.3. The molecular weight excluding hydrogens is 564 g/mol. The van der Waals surface area contributed by atoms with Gasteiger partial charge in [0.2, 0.25) is 0 Å². The van der Waals surface area contributed by atoms with Crippen LogP contribution >= 0.6 is 0 Å². The van der Waals surface area contributed by atoms with Crippen LogP contribution in [0.4, 0.5) is 0 Å². The van der Waals surface area contributed by atoms with E-state index >= 15 is 0 Å². The molecule has 1 aliphatic carbocycles. The molecule has 46 heavy (non-hydrogen) atoms. The molecule has 4 nitrogen and oxygen atoms in total. The maximum absolute atomic E-state index is 6.42. The average molecular weight is 587 g/mol. The minimum absolute atomic E-state index is 0.674. The first-order chi connectivity index (χ1) is 22.8. The zero-order valence-corrected chi connectivity index (χ0v) is 24.4. The maximum Gasteiger partial charge on any atom is 0.180 e. The lowest BCUT2D eigenvalue weighted by molar-refractivity contribution is 0.667. The highest BCUT2D eigenvalue weighted by molar-refractivity contribution is 6.28. The smallest absolute Gasteiger partial charge is 0.180 e. The summed E-state index contributed by atoms with van der Waals surface area (Å²) in [6.45, 7) is 0. The Morgan fingerprint density at radius 2 is 1.17 bits per heavy atom. The molecule has 7 aromatic carbocycles. The Bertz CT molecular complexity index is 2930. The van der Waals surface area contributed by atoms with Crippen molar-refractivity contribution in [2.75, 3.05) is 0 Å². The lowest BCUT2D eigenvalue weighted by atomic mass is 9.98. The summed E-state index contributed by atoms with van der Waals surface area (Å²) in [5.41, 5.74) is 11.7. The second kappa shape index (κ2) is 8.68. The molecule has 0 amide bonds. The molecule has 212 valence electrons. The van der Waals surface area contributed by atoms with Crippen LogP contribution in [0.3, 0.4) is 0 Å². The molecule has 0 atom stereocenters. The number of benzene rings is 7. The third-order valence-electron chi connectivity index (χ3n) is 9.60. The molecule has 3 heterocycles. The van der Waals surface area contributed by atoms with Gasteiger partial charge in [-0.15, -0.1) is 0 Å². The van der Waals surface area contributed by atoms with Gasteiger partial charge in [-0.2, -0.15) is 0 Å². The zero-order chi connectivity index (χ0) is 29.9. The molecule has 0 radical (unpaired) electrons. The number of hydrogen-bond acceptors (Lipinski definition) is 4. The Labute approximate surface area is 262 Å². The van der Waals surface area contributed by atoms with Gasteiger partial charge in [-0.05, 0) is 80.2 Å². The highest BCUT2D eigenvalue weighted by Gasteiger charge is 2.26. The summed E-state index contributed by atoms with van der Waals surface area (Å²) in [7, 11) is 0. The highest BCUT2D eigenvalue weighted by Crippen LogP contribution is 2.51. The molecule has 0 N–H and O–H groups in total. The van der Waals surface area contributed by atoms with E-state index in [1.54, 1.807) is 0 Å². The fourth-order valence-electron chi connectivity index (χ4n) is 7.53. The summed E-state index contributed by atoms with van der Waals surface area (Å²) in [5, 5.41) is 8.13. The summed E-state index contributed by atoms with van der Waals surface area (Å²) < 4.78 is 12.8. The van der Waals surface area contributed by atoms with E-state index in [9.17, 15) is 0 Å². The fraction of sp³-hybridized carbons (Fsp3) is 0. The monoisotopic (exact) mass is 586 g/mol. The minimum atomic E-state index is 0.674. The first kappa shape index (κ1) is 24.1. The number of nitrogens with zero attached hydrogens (tertiary/aromatic N) is 2.